The van der Waals surface area contributed by atoms with Gasteiger partial charge in [-0.2, -0.15) is 5.26 Å². The second-order valence-corrected chi connectivity index (χ2v) is 10.7. The number of aryl methyl sites for hydroxylation is 1. The minimum atomic E-state index is -1.08. The van der Waals surface area contributed by atoms with Crippen LogP contribution in [-0.4, -0.2) is 28.3 Å². The molecule has 5 rings (SSSR count). The smallest absolute Gasteiger partial charge is 0.339 e. The Kier molecular flexibility index (Phi) is 7.57. The fourth-order valence-corrected chi connectivity index (χ4v) is 5.74. The third-order valence-electron chi connectivity index (χ3n) is 6.34. The Morgan fingerprint density at radius 2 is 1.97 bits per heavy atom. The van der Waals surface area contributed by atoms with Crippen molar-refractivity contribution in [3.05, 3.63) is 91.0 Å². The lowest BCUT2D eigenvalue weighted by molar-refractivity contribution is -0.122. The number of pyridine rings is 1. The second kappa shape index (κ2) is 11.0. The number of thiazole rings is 1. The van der Waals surface area contributed by atoms with Gasteiger partial charge in [-0.3, -0.25) is 4.79 Å². The maximum atomic E-state index is 13.5. The number of esters is 1. The predicted molar refractivity (Wildman–Crippen MR) is 150 cm³/mol. The van der Waals surface area contributed by atoms with Gasteiger partial charge in [-0.25, -0.2) is 14.8 Å². The van der Waals surface area contributed by atoms with E-state index in [1.165, 1.54) is 11.3 Å². The number of carbonyl (C=O) groups excluding carboxylic acids is 2. The lowest BCUT2D eigenvalue weighted by atomic mass is 9.86. The molecule has 1 aliphatic carbocycles. The first-order valence-electron chi connectivity index (χ1n) is 11.9. The van der Waals surface area contributed by atoms with Crippen LogP contribution in [0.25, 0.3) is 22.6 Å². The molecule has 0 bridgehead atoms. The molecule has 6 nitrogen and oxygen atoms in total. The van der Waals surface area contributed by atoms with Crippen LogP contribution in [0, 0.1) is 18.3 Å². The summed E-state index contributed by atoms with van der Waals surface area (Å²) in [4.78, 5) is 35.4. The van der Waals surface area contributed by atoms with Gasteiger partial charge in [0.2, 0.25) is 0 Å². The molecule has 1 atom stereocenters. The number of carbonyl (C=O) groups is 2. The summed E-state index contributed by atoms with van der Waals surface area (Å²) >= 11 is 13.5. The summed E-state index contributed by atoms with van der Waals surface area (Å²) < 4.78 is 5.52. The molecule has 190 valence electrons. The topological polar surface area (TPSA) is 92.9 Å². The molecule has 2 heterocycles. The molecule has 0 saturated carbocycles. The standard InChI is InChI=1S/C29H21Cl2N3O3S/c1-16-15-38-28(33-16)21(13-32)25(35)14-37-29(36)26-19-6-2-3-8-24(19)34-27-18(5-4-7-20(26)27)11-17-9-10-22(30)23(31)12-17/h2-3,6,8-12,15,21H,4-5,7,14H2,1H3/b18-11+. The molecular weight excluding hydrogens is 541 g/mol. The number of rotatable bonds is 6. The molecule has 0 radical (unpaired) electrons. The second-order valence-electron chi connectivity index (χ2n) is 8.96. The first-order chi connectivity index (χ1) is 18.4. The van der Waals surface area contributed by atoms with Gasteiger partial charge in [-0.1, -0.05) is 47.5 Å². The largest absolute Gasteiger partial charge is 0.454 e. The highest BCUT2D eigenvalue weighted by Gasteiger charge is 2.28. The average molecular weight is 562 g/mol. The van der Waals surface area contributed by atoms with Crippen molar-refractivity contribution in [1.82, 2.24) is 9.97 Å². The van der Waals surface area contributed by atoms with Crippen LogP contribution < -0.4 is 0 Å². The van der Waals surface area contributed by atoms with Crippen LogP contribution in [0.2, 0.25) is 10.0 Å². The molecule has 1 aliphatic rings. The number of para-hydroxylation sites is 1. The molecule has 4 aromatic rings. The van der Waals surface area contributed by atoms with Crippen LogP contribution in [0.3, 0.4) is 0 Å². The minimum absolute atomic E-state index is 0.398. The zero-order valence-electron chi connectivity index (χ0n) is 20.3. The summed E-state index contributed by atoms with van der Waals surface area (Å²) in [7, 11) is 0. The van der Waals surface area contributed by atoms with Crippen molar-refractivity contribution in [3.8, 4) is 6.07 Å². The van der Waals surface area contributed by atoms with Crippen molar-refractivity contribution in [2.45, 2.75) is 32.1 Å². The molecule has 0 spiro atoms. The van der Waals surface area contributed by atoms with E-state index < -0.39 is 24.3 Å². The van der Waals surface area contributed by atoms with E-state index in [0.29, 0.717) is 37.9 Å². The summed E-state index contributed by atoms with van der Waals surface area (Å²) in [6.45, 7) is 1.27. The molecule has 2 aromatic carbocycles. The van der Waals surface area contributed by atoms with Crippen LogP contribution in [0.1, 0.15) is 56.6 Å². The molecule has 38 heavy (non-hydrogen) atoms. The zero-order chi connectivity index (χ0) is 26.8. The number of ether oxygens (including phenoxy) is 1. The fourth-order valence-electron chi connectivity index (χ4n) is 4.57. The number of hydrogen-bond acceptors (Lipinski definition) is 7. The molecular formula is C29H21Cl2N3O3S. The fraction of sp³-hybridized carbons (Fsp3) is 0.207. The molecule has 0 aliphatic heterocycles. The number of hydrogen-bond donors (Lipinski definition) is 0. The number of fused-ring (bicyclic) bond motifs is 2. The summed E-state index contributed by atoms with van der Waals surface area (Å²) in [5.41, 5.74) is 5.15. The van der Waals surface area contributed by atoms with Crippen molar-refractivity contribution >= 4 is 68.8 Å². The third kappa shape index (κ3) is 5.21. The zero-order valence-corrected chi connectivity index (χ0v) is 22.7. The predicted octanol–water partition coefficient (Wildman–Crippen LogP) is 7.22. The van der Waals surface area contributed by atoms with Crippen molar-refractivity contribution in [2.75, 3.05) is 6.61 Å². The van der Waals surface area contributed by atoms with Crippen LogP contribution >= 0.6 is 34.5 Å². The SMILES string of the molecule is Cc1csc(C(C#N)C(=O)COC(=O)c2c3c(nc4ccccc24)/C(=C/c2ccc(Cl)c(Cl)c2)CCC3)n1. The highest BCUT2D eigenvalue weighted by Crippen LogP contribution is 2.37. The van der Waals surface area contributed by atoms with E-state index in [0.717, 1.165) is 40.9 Å². The van der Waals surface area contributed by atoms with Crippen molar-refractivity contribution in [3.63, 3.8) is 0 Å². The molecule has 1 unspecified atom stereocenters. The summed E-state index contributed by atoms with van der Waals surface area (Å²) in [5.74, 6) is -2.20. The van der Waals surface area contributed by atoms with Crippen LogP contribution in [0.5, 0.6) is 0 Å². The minimum Gasteiger partial charge on any atom is -0.454 e. The highest BCUT2D eigenvalue weighted by atomic mass is 35.5. The van der Waals surface area contributed by atoms with Gasteiger partial charge >= 0.3 is 5.97 Å². The average Bonchev–Trinajstić information content (AvgIpc) is 3.34. The number of nitrogens with zero attached hydrogens (tertiary/aromatic N) is 3. The monoisotopic (exact) mass is 561 g/mol. The Morgan fingerprint density at radius 1 is 1.16 bits per heavy atom. The van der Waals surface area contributed by atoms with Gasteiger partial charge in [0.15, 0.2) is 18.3 Å². The van der Waals surface area contributed by atoms with E-state index in [9.17, 15) is 14.9 Å². The number of benzene rings is 2. The maximum absolute atomic E-state index is 13.5. The Hall–Kier alpha value is -3.57. The third-order valence-corrected chi connectivity index (χ3v) is 8.11. The lowest BCUT2D eigenvalue weighted by Crippen LogP contribution is -2.21. The van der Waals surface area contributed by atoms with E-state index >= 15 is 0 Å². The number of ketones is 1. The van der Waals surface area contributed by atoms with E-state index in [2.05, 4.69) is 4.98 Å². The normalized spacial score (nSPS) is 14.6. The first-order valence-corrected chi connectivity index (χ1v) is 13.6. The van der Waals surface area contributed by atoms with E-state index in [1.807, 2.05) is 42.5 Å². The van der Waals surface area contributed by atoms with Gasteiger partial charge < -0.3 is 4.74 Å². The Balaban J connectivity index is 1.50. The van der Waals surface area contributed by atoms with E-state index in [4.69, 9.17) is 32.9 Å². The van der Waals surface area contributed by atoms with Gasteiger partial charge in [0, 0.05) is 16.5 Å². The quantitative estimate of drug-likeness (QED) is 0.231. The molecule has 0 N–H and O–H groups in total. The van der Waals surface area contributed by atoms with Gasteiger partial charge in [0.1, 0.15) is 5.01 Å². The van der Waals surface area contributed by atoms with Crippen LogP contribution in [0.15, 0.2) is 47.8 Å². The molecule has 0 saturated heterocycles. The van der Waals surface area contributed by atoms with Gasteiger partial charge in [-0.15, -0.1) is 11.3 Å². The first kappa shape index (κ1) is 26.1. The Bertz CT molecular complexity index is 1650. The summed E-state index contributed by atoms with van der Waals surface area (Å²) in [6.07, 6.45) is 4.25. The Morgan fingerprint density at radius 3 is 2.71 bits per heavy atom. The summed E-state index contributed by atoms with van der Waals surface area (Å²) in [5, 5.41) is 13.3. The van der Waals surface area contributed by atoms with Crippen LogP contribution in [0.4, 0.5) is 0 Å². The molecule has 0 fully saturated rings. The number of halogens is 2. The van der Waals surface area contributed by atoms with Gasteiger partial charge in [0.25, 0.3) is 0 Å². The molecule has 2 aromatic heterocycles. The number of allylic oxidation sites excluding steroid dienone is 1. The summed E-state index contributed by atoms with van der Waals surface area (Å²) in [6, 6.07) is 14.8. The number of nitriles is 1. The van der Waals surface area contributed by atoms with Gasteiger partial charge in [-0.05, 0) is 67.2 Å². The van der Waals surface area contributed by atoms with Gasteiger partial charge in [0.05, 0.1) is 32.9 Å². The van der Waals surface area contributed by atoms with E-state index in [-0.39, 0.29) is 0 Å². The maximum Gasteiger partial charge on any atom is 0.339 e. The van der Waals surface area contributed by atoms with E-state index in [1.54, 1.807) is 24.4 Å². The Labute approximate surface area is 233 Å². The number of Topliss-reactive ketones (excluding diaryl/α,β-unsaturated/α-hetero) is 1. The van der Waals surface area contributed by atoms with Crippen molar-refractivity contribution < 1.29 is 14.3 Å². The molecule has 9 heteroatoms. The highest BCUT2D eigenvalue weighted by molar-refractivity contribution is 7.09. The lowest BCUT2D eigenvalue weighted by Gasteiger charge is -2.22. The van der Waals surface area contributed by atoms with Crippen molar-refractivity contribution in [2.24, 2.45) is 0 Å². The van der Waals surface area contributed by atoms with Crippen LogP contribution in [-0.2, 0) is 16.0 Å². The number of aromatic nitrogens is 2. The molecule has 0 amide bonds. The van der Waals surface area contributed by atoms with Crippen molar-refractivity contribution in [1.29, 1.82) is 5.26 Å².